The Morgan fingerprint density at radius 3 is 2.08 bits per heavy atom. The Kier molecular flexibility index (Phi) is 6.61. The number of rotatable bonds is 0. The van der Waals surface area contributed by atoms with Crippen LogP contribution in [0.4, 0.5) is 4.79 Å². The number of urea groups is 1. The molecule has 1 aliphatic rings. The predicted octanol–water partition coefficient (Wildman–Crippen LogP) is -0.880. The lowest BCUT2D eigenvalue weighted by atomic mass is 10.5. The third-order valence-corrected chi connectivity index (χ3v) is 0.877. The number of nitrogens with two attached hydrogens (primary N) is 2. The molecule has 1 rings (SSSR count). The second-order valence-electron chi connectivity index (χ2n) is 1.71. The fraction of sp³-hybridized carbons (Fsp3) is 0.167. The van der Waals surface area contributed by atoms with E-state index in [9.17, 15) is 4.79 Å². The van der Waals surface area contributed by atoms with Gasteiger partial charge in [-0.3, -0.25) is 10.9 Å². The standard InChI is InChI=1S/C5H6O.CH6N4O/c1-2-4-6-5-3-1;2-4-1(6)5-3/h1-4H,5H2;2-3H2,(H2,4,5,6). The molecule has 0 saturated heterocycles. The minimum Gasteiger partial charge on any atom is -0.497 e. The molecule has 0 radical (unpaired) electrons. The summed E-state index contributed by atoms with van der Waals surface area (Å²) in [5.41, 5.74) is 3.48. The average Bonchev–Trinajstić information content (AvgIpc) is 2.20. The van der Waals surface area contributed by atoms with Crippen LogP contribution >= 0.6 is 0 Å². The van der Waals surface area contributed by atoms with Crippen molar-refractivity contribution in [2.24, 2.45) is 11.7 Å². The monoisotopic (exact) mass is 172 g/mol. The normalized spacial score (nSPS) is 12.2. The summed E-state index contributed by atoms with van der Waals surface area (Å²) in [7, 11) is 0. The zero-order valence-corrected chi connectivity index (χ0v) is 6.49. The van der Waals surface area contributed by atoms with Crippen molar-refractivity contribution in [2.75, 3.05) is 6.61 Å². The van der Waals surface area contributed by atoms with Gasteiger partial charge in [-0.05, 0) is 12.2 Å². The summed E-state index contributed by atoms with van der Waals surface area (Å²) in [4.78, 5) is 9.71. The first kappa shape index (κ1) is 10.5. The lowest BCUT2D eigenvalue weighted by Crippen LogP contribution is -2.43. The van der Waals surface area contributed by atoms with Crippen molar-refractivity contribution in [2.45, 2.75) is 0 Å². The van der Waals surface area contributed by atoms with Gasteiger partial charge in [-0.25, -0.2) is 16.5 Å². The van der Waals surface area contributed by atoms with E-state index in [4.69, 9.17) is 4.74 Å². The van der Waals surface area contributed by atoms with Gasteiger partial charge in [0.2, 0.25) is 0 Å². The van der Waals surface area contributed by atoms with Gasteiger partial charge in [0.25, 0.3) is 0 Å². The van der Waals surface area contributed by atoms with Crippen LogP contribution in [-0.4, -0.2) is 12.6 Å². The van der Waals surface area contributed by atoms with Crippen LogP contribution in [0.5, 0.6) is 0 Å². The van der Waals surface area contributed by atoms with Crippen LogP contribution in [0.2, 0.25) is 0 Å². The van der Waals surface area contributed by atoms with Gasteiger partial charge in [-0.15, -0.1) is 0 Å². The van der Waals surface area contributed by atoms with E-state index in [-0.39, 0.29) is 0 Å². The van der Waals surface area contributed by atoms with Crippen LogP contribution in [0.25, 0.3) is 0 Å². The van der Waals surface area contributed by atoms with Gasteiger partial charge in [-0.2, -0.15) is 0 Å². The quantitative estimate of drug-likeness (QED) is 0.216. The lowest BCUT2D eigenvalue weighted by Gasteiger charge is -1.94. The first-order chi connectivity index (χ1) is 5.81. The fourth-order valence-electron chi connectivity index (χ4n) is 0.388. The number of allylic oxidation sites excluding steroid dienone is 2. The van der Waals surface area contributed by atoms with Gasteiger partial charge in [0, 0.05) is 0 Å². The summed E-state index contributed by atoms with van der Waals surface area (Å²) in [6, 6.07) is -0.602. The Labute approximate surface area is 70.2 Å². The number of hydrogen-bond acceptors (Lipinski definition) is 4. The molecule has 1 heterocycles. The fourth-order valence-corrected chi connectivity index (χ4v) is 0.388. The second-order valence-corrected chi connectivity index (χ2v) is 1.71. The summed E-state index contributed by atoms with van der Waals surface area (Å²) >= 11 is 0. The van der Waals surface area contributed by atoms with Gasteiger partial charge >= 0.3 is 6.03 Å². The molecule has 6 heteroatoms. The maximum Gasteiger partial charge on any atom is 0.343 e. The predicted molar refractivity (Wildman–Crippen MR) is 44.3 cm³/mol. The number of amides is 2. The third-order valence-electron chi connectivity index (χ3n) is 0.877. The molecule has 6 N–H and O–H groups in total. The van der Waals surface area contributed by atoms with Crippen LogP contribution in [0, 0.1) is 0 Å². The highest BCUT2D eigenvalue weighted by atomic mass is 16.5. The van der Waals surface area contributed by atoms with Crippen LogP contribution in [0.1, 0.15) is 0 Å². The third kappa shape index (κ3) is 6.59. The summed E-state index contributed by atoms with van der Waals surface area (Å²) in [5, 5.41) is 0. The summed E-state index contributed by atoms with van der Waals surface area (Å²) in [6.45, 7) is 0.733. The summed E-state index contributed by atoms with van der Waals surface area (Å²) in [5.74, 6) is 9.08. The smallest absolute Gasteiger partial charge is 0.343 e. The molecule has 6 nitrogen and oxygen atoms in total. The zero-order valence-electron chi connectivity index (χ0n) is 6.49. The summed E-state index contributed by atoms with van der Waals surface area (Å²) in [6.07, 6.45) is 7.47. The van der Waals surface area contributed by atoms with Crippen molar-refractivity contribution >= 4 is 6.03 Å². The van der Waals surface area contributed by atoms with E-state index in [0.29, 0.717) is 0 Å². The highest BCUT2D eigenvalue weighted by molar-refractivity contribution is 5.72. The molecule has 0 aromatic carbocycles. The maximum atomic E-state index is 9.71. The van der Waals surface area contributed by atoms with E-state index >= 15 is 0 Å². The molecule has 0 aromatic heterocycles. The summed E-state index contributed by atoms with van der Waals surface area (Å²) < 4.78 is 4.80. The van der Waals surface area contributed by atoms with Crippen molar-refractivity contribution in [3.8, 4) is 0 Å². The number of hydrogen-bond donors (Lipinski definition) is 4. The van der Waals surface area contributed by atoms with Crippen LogP contribution in [0.15, 0.2) is 24.5 Å². The van der Waals surface area contributed by atoms with E-state index in [0.717, 1.165) is 6.61 Å². The Morgan fingerprint density at radius 1 is 1.33 bits per heavy atom. The molecular formula is C6H12N4O2. The van der Waals surface area contributed by atoms with Crippen LogP contribution in [0.3, 0.4) is 0 Å². The van der Waals surface area contributed by atoms with Crippen molar-refractivity contribution in [1.82, 2.24) is 10.9 Å². The largest absolute Gasteiger partial charge is 0.497 e. The van der Waals surface area contributed by atoms with Crippen molar-refractivity contribution in [3.05, 3.63) is 24.5 Å². The zero-order chi connectivity index (χ0) is 9.23. The molecule has 0 saturated carbocycles. The van der Waals surface area contributed by atoms with E-state index in [1.54, 1.807) is 17.1 Å². The molecule has 2 amide bonds. The molecule has 0 atom stereocenters. The Bertz CT molecular complexity index is 160. The lowest BCUT2D eigenvalue weighted by molar-refractivity contribution is 0.241. The number of ether oxygens (including phenoxy) is 1. The van der Waals surface area contributed by atoms with E-state index in [1.165, 1.54) is 0 Å². The van der Waals surface area contributed by atoms with Gasteiger partial charge in [0.05, 0.1) is 6.26 Å². The topological polar surface area (TPSA) is 102 Å². The minimum absolute atomic E-state index is 0.602. The Hall–Kier alpha value is -1.53. The number of hydrazine groups is 2. The molecule has 1 aliphatic heterocycles. The van der Waals surface area contributed by atoms with E-state index in [2.05, 4.69) is 11.7 Å². The van der Waals surface area contributed by atoms with Gasteiger partial charge < -0.3 is 4.74 Å². The molecule has 0 bridgehead atoms. The molecule has 68 valence electrons. The average molecular weight is 172 g/mol. The van der Waals surface area contributed by atoms with Crippen LogP contribution < -0.4 is 22.5 Å². The number of nitrogens with one attached hydrogen (secondary N) is 2. The Balaban J connectivity index is 0.000000202. The van der Waals surface area contributed by atoms with Crippen molar-refractivity contribution in [1.29, 1.82) is 0 Å². The van der Waals surface area contributed by atoms with Crippen LogP contribution in [-0.2, 0) is 4.74 Å². The first-order valence-corrected chi connectivity index (χ1v) is 3.21. The number of carbonyl (C=O) groups is 1. The molecule has 0 aromatic rings. The Morgan fingerprint density at radius 2 is 2.00 bits per heavy atom. The minimum atomic E-state index is -0.602. The first-order valence-electron chi connectivity index (χ1n) is 3.21. The molecular weight excluding hydrogens is 160 g/mol. The maximum absolute atomic E-state index is 9.71. The SMILES string of the molecule is C1=CCOC=C1.NNC(=O)NN. The van der Waals surface area contributed by atoms with Crippen molar-refractivity contribution < 1.29 is 9.53 Å². The van der Waals surface area contributed by atoms with Crippen molar-refractivity contribution in [3.63, 3.8) is 0 Å². The van der Waals surface area contributed by atoms with E-state index < -0.39 is 6.03 Å². The molecule has 0 spiro atoms. The van der Waals surface area contributed by atoms with Gasteiger partial charge in [-0.1, -0.05) is 6.08 Å². The van der Waals surface area contributed by atoms with Gasteiger partial charge in [0.1, 0.15) is 6.61 Å². The molecule has 12 heavy (non-hydrogen) atoms. The highest BCUT2D eigenvalue weighted by Crippen LogP contribution is 1.87. The molecule has 0 aliphatic carbocycles. The van der Waals surface area contributed by atoms with E-state index in [1.807, 2.05) is 18.2 Å². The second kappa shape index (κ2) is 7.58. The highest BCUT2D eigenvalue weighted by Gasteiger charge is 1.83. The molecule has 0 fully saturated rings. The number of carbonyl (C=O) groups excluding carboxylic acids is 1. The van der Waals surface area contributed by atoms with Gasteiger partial charge in [0.15, 0.2) is 0 Å². The molecule has 0 unspecified atom stereocenters.